The number of aliphatic imine (C=N–C) groups is 1. The van der Waals surface area contributed by atoms with Crippen molar-refractivity contribution < 1.29 is 9.59 Å². The van der Waals surface area contributed by atoms with Crippen molar-refractivity contribution in [2.45, 2.75) is 19.4 Å². The third kappa shape index (κ3) is 6.19. The van der Waals surface area contributed by atoms with E-state index >= 15 is 0 Å². The number of pyridine rings is 1. The number of allylic oxidation sites excluding steroid dienone is 2. The summed E-state index contributed by atoms with van der Waals surface area (Å²) in [6, 6.07) is 16.5. The second-order valence-electron chi connectivity index (χ2n) is 12.2. The number of aromatic nitrogens is 2. The van der Waals surface area contributed by atoms with Gasteiger partial charge in [-0.3, -0.25) is 14.6 Å². The highest BCUT2D eigenvalue weighted by Crippen LogP contribution is 2.40. The lowest BCUT2D eigenvalue weighted by Crippen LogP contribution is -2.44. The molecule has 238 valence electrons. The molecule has 0 bridgehead atoms. The molecule has 10 heteroatoms. The fourth-order valence-corrected chi connectivity index (χ4v) is 6.32. The summed E-state index contributed by atoms with van der Waals surface area (Å²) in [5.74, 6) is 0.224. The topological polar surface area (TPSA) is 118 Å². The minimum Gasteiger partial charge on any atom is -0.369 e. The lowest BCUT2D eigenvalue weighted by molar-refractivity contribution is -0.111. The van der Waals surface area contributed by atoms with Gasteiger partial charge in [-0.15, -0.1) is 0 Å². The van der Waals surface area contributed by atoms with Gasteiger partial charge in [-0.1, -0.05) is 43.0 Å². The first-order chi connectivity index (χ1) is 22.9. The Balaban J connectivity index is 1.23. The molecule has 1 atom stereocenters. The smallest absolute Gasteiger partial charge is 0.253 e. The predicted molar refractivity (Wildman–Crippen MR) is 189 cm³/mol. The normalized spacial score (nSPS) is 17.5. The molecule has 4 N–H and O–H groups in total. The molecule has 1 unspecified atom stereocenters. The molecule has 47 heavy (non-hydrogen) atoms. The van der Waals surface area contributed by atoms with Gasteiger partial charge in [0.25, 0.3) is 5.91 Å². The Bertz CT molecular complexity index is 1960. The van der Waals surface area contributed by atoms with E-state index in [1.54, 1.807) is 6.20 Å². The van der Waals surface area contributed by atoms with Crippen LogP contribution in [0, 0.1) is 6.92 Å². The largest absolute Gasteiger partial charge is 0.369 e. The highest BCUT2D eigenvalue weighted by molar-refractivity contribution is 6.07. The number of carbonyl (C=O) groups is 2. The number of amidine groups is 1. The predicted octanol–water partition coefficient (Wildman–Crippen LogP) is 5.03. The Hall–Kier alpha value is -5.48. The highest BCUT2D eigenvalue weighted by atomic mass is 16.2. The van der Waals surface area contributed by atoms with E-state index in [2.05, 4.69) is 74.7 Å². The van der Waals surface area contributed by atoms with E-state index < -0.39 is 0 Å². The van der Waals surface area contributed by atoms with Gasteiger partial charge < -0.3 is 30.7 Å². The summed E-state index contributed by atoms with van der Waals surface area (Å²) in [4.78, 5) is 43.3. The van der Waals surface area contributed by atoms with E-state index in [-0.39, 0.29) is 17.9 Å². The average molecular weight is 627 g/mol. The first-order valence-corrected chi connectivity index (χ1v) is 15.9. The lowest BCUT2D eigenvalue weighted by Gasteiger charge is -2.34. The third-order valence-electron chi connectivity index (χ3n) is 9.05. The van der Waals surface area contributed by atoms with Crippen molar-refractivity contribution >= 4 is 40.1 Å². The Morgan fingerprint density at radius 1 is 1.06 bits per heavy atom. The van der Waals surface area contributed by atoms with Crippen LogP contribution < -0.4 is 20.9 Å². The number of amides is 2. The van der Waals surface area contributed by atoms with Crippen LogP contribution in [0.25, 0.3) is 33.4 Å². The molecular weight excluding hydrogens is 588 g/mol. The van der Waals surface area contributed by atoms with Crippen LogP contribution in [0.4, 0.5) is 11.4 Å². The molecule has 3 aliphatic rings. The summed E-state index contributed by atoms with van der Waals surface area (Å²) >= 11 is 0. The van der Waals surface area contributed by atoms with Crippen LogP contribution in [0.2, 0.25) is 0 Å². The van der Waals surface area contributed by atoms with Crippen LogP contribution in [-0.2, 0) is 4.79 Å². The van der Waals surface area contributed by atoms with Crippen LogP contribution in [0.1, 0.15) is 22.3 Å². The van der Waals surface area contributed by atoms with Crippen molar-refractivity contribution in [1.82, 2.24) is 25.5 Å². The Kier molecular flexibility index (Phi) is 8.17. The molecule has 1 aliphatic carbocycles. The van der Waals surface area contributed by atoms with Gasteiger partial charge in [0.05, 0.1) is 23.8 Å². The number of hydrogen-bond acceptors (Lipinski definition) is 7. The number of carbonyl (C=O) groups excluding carboxylic acids is 2. The minimum absolute atomic E-state index is 0.0945. The Morgan fingerprint density at radius 3 is 2.62 bits per heavy atom. The second-order valence-corrected chi connectivity index (χ2v) is 12.2. The number of rotatable bonds is 8. The summed E-state index contributed by atoms with van der Waals surface area (Å²) < 4.78 is 0. The molecule has 7 rings (SSSR count). The zero-order chi connectivity index (χ0) is 32.5. The second kappa shape index (κ2) is 12.7. The fourth-order valence-electron chi connectivity index (χ4n) is 6.32. The summed E-state index contributed by atoms with van der Waals surface area (Å²) in [7, 11) is 2.16. The summed E-state index contributed by atoms with van der Waals surface area (Å²) in [6.07, 6.45) is 9.84. The molecule has 2 aromatic carbocycles. The average Bonchev–Trinajstić information content (AvgIpc) is 3.70. The van der Waals surface area contributed by atoms with Crippen LogP contribution in [0.3, 0.4) is 0 Å². The molecule has 1 saturated heterocycles. The van der Waals surface area contributed by atoms with E-state index in [9.17, 15) is 9.59 Å². The molecular formula is C37H38N8O2. The maximum Gasteiger partial charge on any atom is 0.253 e. The summed E-state index contributed by atoms with van der Waals surface area (Å²) in [5.41, 5.74) is 8.63. The van der Waals surface area contributed by atoms with Crippen molar-refractivity contribution in [3.8, 4) is 22.4 Å². The van der Waals surface area contributed by atoms with Crippen molar-refractivity contribution in [2.24, 2.45) is 4.99 Å². The molecule has 4 aromatic rings. The standard InChI is InChI=1S/C37H38N8O2/c1-4-33(46)42-31-20-25(10-9-23(31)2)34-28-19-26(37(47)39-22-32-40-29-7-5-6-8-30(29)41-32)21-38-36(28)43-35(34)24-11-13-27(14-12-24)45-17-15-44(3)16-18-45/h4-7,9-14,19-21,30H,1,8,15-18,22H2,2-3H3,(H,38,43)(H,39,47)(H,40,41)(H,42,46). The molecule has 2 aromatic heterocycles. The molecule has 0 spiro atoms. The van der Waals surface area contributed by atoms with E-state index in [1.165, 1.54) is 11.8 Å². The minimum atomic E-state index is -0.280. The zero-order valence-electron chi connectivity index (χ0n) is 26.6. The van der Waals surface area contributed by atoms with Crippen molar-refractivity contribution in [3.63, 3.8) is 0 Å². The number of H-pyrrole nitrogens is 1. The number of aryl methyl sites for hydroxylation is 1. The molecule has 0 saturated carbocycles. The summed E-state index contributed by atoms with van der Waals surface area (Å²) in [6.45, 7) is 9.89. The van der Waals surface area contributed by atoms with Crippen LogP contribution in [0.5, 0.6) is 0 Å². The van der Waals surface area contributed by atoms with Crippen molar-refractivity contribution in [1.29, 1.82) is 0 Å². The first-order valence-electron chi connectivity index (χ1n) is 15.9. The van der Waals surface area contributed by atoms with Gasteiger partial charge in [-0.2, -0.15) is 0 Å². The molecule has 0 radical (unpaired) electrons. The van der Waals surface area contributed by atoms with Gasteiger partial charge in [-0.25, -0.2) is 4.98 Å². The number of aromatic amines is 1. The molecule has 4 heterocycles. The number of likely N-dealkylation sites (N-methyl/N-ethyl adjacent to an activating group) is 1. The number of fused-ring (bicyclic) bond motifs is 2. The maximum atomic E-state index is 13.4. The van der Waals surface area contributed by atoms with Gasteiger partial charge in [0, 0.05) is 60.4 Å². The fraction of sp³-hybridized carbons (Fsp3) is 0.243. The van der Waals surface area contributed by atoms with Gasteiger partial charge in [-0.05, 0) is 73.5 Å². The van der Waals surface area contributed by atoms with Crippen molar-refractivity contribution in [2.75, 3.05) is 50.0 Å². The third-order valence-corrected chi connectivity index (χ3v) is 9.05. The maximum absolute atomic E-state index is 13.4. The van der Waals surface area contributed by atoms with E-state index in [0.717, 1.165) is 77.5 Å². The van der Waals surface area contributed by atoms with Gasteiger partial charge >= 0.3 is 0 Å². The SMILES string of the molecule is C=CC(=O)Nc1cc(-c2c(-c3ccc(N4CCN(C)CC4)cc3)[nH]c3ncc(C(=O)NCC4=NC5CC=CC=C5N4)cc23)ccc1C. The number of piperazine rings is 1. The number of benzene rings is 2. The Morgan fingerprint density at radius 2 is 1.85 bits per heavy atom. The van der Waals surface area contributed by atoms with Crippen molar-refractivity contribution in [3.05, 3.63) is 102 Å². The highest BCUT2D eigenvalue weighted by Gasteiger charge is 2.24. The molecule has 2 amide bonds. The van der Waals surface area contributed by atoms with Gasteiger partial charge in [0.1, 0.15) is 11.5 Å². The quantitative estimate of drug-likeness (QED) is 0.204. The summed E-state index contributed by atoms with van der Waals surface area (Å²) in [5, 5.41) is 10.1. The number of hydrogen-bond donors (Lipinski definition) is 4. The molecule has 1 fully saturated rings. The van der Waals surface area contributed by atoms with E-state index in [0.29, 0.717) is 23.4 Å². The van der Waals surface area contributed by atoms with Crippen LogP contribution in [0.15, 0.2) is 96.3 Å². The van der Waals surface area contributed by atoms with Gasteiger partial charge in [0.15, 0.2) is 0 Å². The zero-order valence-corrected chi connectivity index (χ0v) is 26.6. The molecule has 10 nitrogen and oxygen atoms in total. The number of anilines is 2. The Labute approximate surface area is 274 Å². The van der Waals surface area contributed by atoms with Crippen LogP contribution in [-0.4, -0.2) is 78.3 Å². The van der Waals surface area contributed by atoms with E-state index in [1.807, 2.05) is 43.3 Å². The lowest BCUT2D eigenvalue weighted by atomic mass is 9.96. The number of nitrogens with one attached hydrogen (secondary N) is 4. The van der Waals surface area contributed by atoms with E-state index in [4.69, 9.17) is 9.98 Å². The number of nitrogens with zero attached hydrogens (tertiary/aromatic N) is 4. The first kappa shape index (κ1) is 30.2. The monoisotopic (exact) mass is 626 g/mol. The van der Waals surface area contributed by atoms with Gasteiger partial charge in [0.2, 0.25) is 5.91 Å². The van der Waals surface area contributed by atoms with Crippen LogP contribution >= 0.6 is 0 Å². The molecule has 2 aliphatic heterocycles.